The summed E-state index contributed by atoms with van der Waals surface area (Å²) < 4.78 is 0. The van der Waals surface area contributed by atoms with Crippen molar-refractivity contribution in [3.8, 4) is 0 Å². The summed E-state index contributed by atoms with van der Waals surface area (Å²) >= 11 is 0. The second kappa shape index (κ2) is 7.41. The van der Waals surface area contributed by atoms with E-state index in [1.807, 2.05) is 56.6 Å². The van der Waals surface area contributed by atoms with Gasteiger partial charge in [0.1, 0.15) is 0 Å². The topological polar surface area (TPSA) is 66.0 Å². The van der Waals surface area contributed by atoms with Crippen molar-refractivity contribution in [1.29, 1.82) is 0 Å². The summed E-state index contributed by atoms with van der Waals surface area (Å²) in [7, 11) is 4.02. The van der Waals surface area contributed by atoms with Gasteiger partial charge in [0.25, 0.3) is 0 Å². The minimum Gasteiger partial charge on any atom is -0.378 e. The number of nitrogens with one attached hydrogen (secondary N) is 2. The minimum atomic E-state index is 0.464. The highest BCUT2D eigenvalue weighted by Crippen LogP contribution is 2.18. The standard InChI is InChI=1S/C18H20N6/c1-24(2)16-10-8-15(9-11-16)21-18-22-17(13-20-23-18)19-12-14-6-4-3-5-7-14/h3-11,13H,12H2,1-2H3,(H2,19,21,22,23). The maximum absolute atomic E-state index is 4.43. The molecule has 0 bridgehead atoms. The van der Waals surface area contributed by atoms with Crippen LogP contribution in [0.3, 0.4) is 0 Å². The van der Waals surface area contributed by atoms with Crippen LogP contribution in [0, 0.1) is 0 Å². The fourth-order valence-corrected chi connectivity index (χ4v) is 2.20. The van der Waals surface area contributed by atoms with Gasteiger partial charge in [-0.2, -0.15) is 10.1 Å². The summed E-state index contributed by atoms with van der Waals surface area (Å²) in [5, 5.41) is 14.4. The van der Waals surface area contributed by atoms with E-state index < -0.39 is 0 Å². The summed E-state index contributed by atoms with van der Waals surface area (Å²) in [4.78, 5) is 6.49. The van der Waals surface area contributed by atoms with Crippen molar-refractivity contribution in [3.63, 3.8) is 0 Å². The molecule has 122 valence electrons. The molecule has 24 heavy (non-hydrogen) atoms. The summed E-state index contributed by atoms with van der Waals surface area (Å²) in [5.41, 5.74) is 3.24. The monoisotopic (exact) mass is 320 g/mol. The first-order valence-corrected chi connectivity index (χ1v) is 7.72. The van der Waals surface area contributed by atoms with E-state index in [9.17, 15) is 0 Å². The molecule has 0 radical (unpaired) electrons. The second-order valence-electron chi connectivity index (χ2n) is 5.57. The molecule has 3 aromatic rings. The van der Waals surface area contributed by atoms with E-state index >= 15 is 0 Å². The van der Waals surface area contributed by atoms with E-state index in [-0.39, 0.29) is 0 Å². The van der Waals surface area contributed by atoms with E-state index in [0.29, 0.717) is 18.3 Å². The first-order valence-electron chi connectivity index (χ1n) is 7.72. The van der Waals surface area contributed by atoms with Crippen molar-refractivity contribution in [2.75, 3.05) is 29.6 Å². The van der Waals surface area contributed by atoms with Crippen LogP contribution in [0.25, 0.3) is 0 Å². The van der Waals surface area contributed by atoms with Crippen LogP contribution in [0.5, 0.6) is 0 Å². The Kier molecular flexibility index (Phi) is 4.86. The van der Waals surface area contributed by atoms with Gasteiger partial charge < -0.3 is 15.5 Å². The zero-order valence-corrected chi connectivity index (χ0v) is 13.8. The average Bonchev–Trinajstić information content (AvgIpc) is 2.62. The molecule has 0 fully saturated rings. The summed E-state index contributed by atoms with van der Waals surface area (Å²) in [6.45, 7) is 0.691. The Morgan fingerprint density at radius 3 is 2.42 bits per heavy atom. The number of anilines is 4. The third-order valence-corrected chi connectivity index (χ3v) is 3.52. The average molecular weight is 320 g/mol. The van der Waals surface area contributed by atoms with Gasteiger partial charge in [-0.3, -0.25) is 0 Å². The molecule has 0 aliphatic rings. The van der Waals surface area contributed by atoms with Crippen molar-refractivity contribution < 1.29 is 0 Å². The predicted molar refractivity (Wildman–Crippen MR) is 97.6 cm³/mol. The van der Waals surface area contributed by atoms with Crippen molar-refractivity contribution in [1.82, 2.24) is 15.2 Å². The third kappa shape index (κ3) is 4.19. The van der Waals surface area contributed by atoms with E-state index in [0.717, 1.165) is 11.4 Å². The van der Waals surface area contributed by atoms with E-state index in [1.165, 1.54) is 5.56 Å². The van der Waals surface area contributed by atoms with Crippen LogP contribution < -0.4 is 15.5 Å². The zero-order valence-electron chi connectivity index (χ0n) is 13.8. The molecule has 2 aromatic carbocycles. The van der Waals surface area contributed by atoms with Crippen molar-refractivity contribution in [2.45, 2.75) is 6.54 Å². The maximum atomic E-state index is 4.43. The molecule has 0 saturated carbocycles. The normalized spacial score (nSPS) is 10.2. The Bertz CT molecular complexity index is 771. The summed E-state index contributed by atoms with van der Waals surface area (Å²) in [6, 6.07) is 18.2. The van der Waals surface area contributed by atoms with Gasteiger partial charge in [-0.1, -0.05) is 30.3 Å². The lowest BCUT2D eigenvalue weighted by Crippen LogP contribution is -2.08. The van der Waals surface area contributed by atoms with Crippen LogP contribution in [-0.4, -0.2) is 29.3 Å². The van der Waals surface area contributed by atoms with Gasteiger partial charge >= 0.3 is 0 Å². The predicted octanol–water partition coefficient (Wildman–Crippen LogP) is 3.29. The molecule has 6 nitrogen and oxygen atoms in total. The lowest BCUT2D eigenvalue weighted by Gasteiger charge is -2.13. The highest BCUT2D eigenvalue weighted by Gasteiger charge is 2.02. The SMILES string of the molecule is CN(C)c1ccc(Nc2nncc(NCc3ccccc3)n2)cc1. The lowest BCUT2D eigenvalue weighted by molar-refractivity contribution is 0.966. The Labute approximate surface area is 141 Å². The molecule has 0 aliphatic carbocycles. The number of hydrogen-bond acceptors (Lipinski definition) is 6. The van der Waals surface area contributed by atoms with E-state index in [2.05, 4.69) is 42.8 Å². The van der Waals surface area contributed by atoms with Crippen LogP contribution >= 0.6 is 0 Å². The molecule has 0 aliphatic heterocycles. The van der Waals surface area contributed by atoms with Gasteiger partial charge in [-0.15, -0.1) is 5.10 Å². The molecule has 2 N–H and O–H groups in total. The molecular weight excluding hydrogens is 300 g/mol. The van der Waals surface area contributed by atoms with Crippen molar-refractivity contribution >= 4 is 23.1 Å². The van der Waals surface area contributed by atoms with Gasteiger partial charge in [0.2, 0.25) is 5.95 Å². The molecule has 0 spiro atoms. The highest BCUT2D eigenvalue weighted by atomic mass is 15.3. The first-order chi connectivity index (χ1) is 11.7. The quantitative estimate of drug-likeness (QED) is 0.726. The number of aromatic nitrogens is 3. The molecule has 1 heterocycles. The van der Waals surface area contributed by atoms with Gasteiger partial charge in [-0.05, 0) is 29.8 Å². The molecular formula is C18H20N6. The van der Waals surface area contributed by atoms with Crippen LogP contribution in [0.2, 0.25) is 0 Å². The van der Waals surface area contributed by atoms with Gasteiger partial charge in [0, 0.05) is 32.0 Å². The van der Waals surface area contributed by atoms with Crippen LogP contribution in [0.4, 0.5) is 23.1 Å². The molecule has 0 saturated heterocycles. The fourth-order valence-electron chi connectivity index (χ4n) is 2.20. The smallest absolute Gasteiger partial charge is 0.249 e. The van der Waals surface area contributed by atoms with Gasteiger partial charge in [-0.25, -0.2) is 0 Å². The fraction of sp³-hybridized carbons (Fsp3) is 0.167. The van der Waals surface area contributed by atoms with Gasteiger partial charge in [0.15, 0.2) is 5.82 Å². The first kappa shape index (κ1) is 15.7. The Morgan fingerprint density at radius 1 is 0.958 bits per heavy atom. The number of hydrogen-bond donors (Lipinski definition) is 2. The molecule has 3 rings (SSSR count). The Morgan fingerprint density at radius 2 is 1.71 bits per heavy atom. The molecule has 0 amide bonds. The zero-order chi connectivity index (χ0) is 16.8. The Hall–Kier alpha value is -3.15. The Balaban J connectivity index is 1.64. The molecule has 0 atom stereocenters. The van der Waals surface area contributed by atoms with Crippen molar-refractivity contribution in [2.24, 2.45) is 0 Å². The molecule has 1 aromatic heterocycles. The van der Waals surface area contributed by atoms with Crippen LogP contribution in [0.1, 0.15) is 5.56 Å². The third-order valence-electron chi connectivity index (χ3n) is 3.52. The largest absolute Gasteiger partial charge is 0.378 e. The van der Waals surface area contributed by atoms with Crippen molar-refractivity contribution in [3.05, 3.63) is 66.4 Å². The summed E-state index contributed by atoms with van der Waals surface area (Å²) in [6.07, 6.45) is 1.61. The number of rotatable bonds is 6. The van der Waals surface area contributed by atoms with E-state index in [1.54, 1.807) is 6.20 Å². The van der Waals surface area contributed by atoms with Gasteiger partial charge in [0.05, 0.1) is 6.20 Å². The minimum absolute atomic E-state index is 0.464. The van der Waals surface area contributed by atoms with E-state index in [4.69, 9.17) is 0 Å². The highest BCUT2D eigenvalue weighted by molar-refractivity contribution is 5.59. The van der Waals surface area contributed by atoms with Crippen LogP contribution in [-0.2, 0) is 6.54 Å². The molecule has 0 unspecified atom stereocenters. The van der Waals surface area contributed by atoms with Crippen LogP contribution in [0.15, 0.2) is 60.8 Å². The number of nitrogens with zero attached hydrogens (tertiary/aromatic N) is 4. The second-order valence-corrected chi connectivity index (χ2v) is 5.57. The number of benzene rings is 2. The molecule has 6 heteroatoms. The summed E-state index contributed by atoms with van der Waals surface area (Å²) in [5.74, 6) is 1.15. The lowest BCUT2D eigenvalue weighted by atomic mass is 10.2. The maximum Gasteiger partial charge on any atom is 0.249 e.